The highest BCUT2D eigenvalue weighted by Crippen LogP contribution is 2.18. The van der Waals surface area contributed by atoms with Gasteiger partial charge in [-0.05, 0) is 32.4 Å². The van der Waals surface area contributed by atoms with E-state index >= 15 is 0 Å². The number of amides is 1. The van der Waals surface area contributed by atoms with Crippen molar-refractivity contribution in [1.82, 2.24) is 14.5 Å². The molecule has 0 spiro atoms. The van der Waals surface area contributed by atoms with E-state index in [-0.39, 0.29) is 0 Å². The molecule has 29 heavy (non-hydrogen) atoms. The Balaban J connectivity index is 1.86. The van der Waals surface area contributed by atoms with E-state index in [1.165, 1.54) is 13.0 Å². The van der Waals surface area contributed by atoms with Crippen LogP contribution in [0, 0.1) is 13.8 Å². The molecule has 1 heterocycles. The predicted octanol–water partition coefficient (Wildman–Crippen LogP) is 1.50. The lowest BCUT2D eigenvalue weighted by Gasteiger charge is -2.14. The van der Waals surface area contributed by atoms with Crippen molar-refractivity contribution < 1.29 is 22.7 Å². The highest BCUT2D eigenvalue weighted by molar-refractivity contribution is 7.92. The van der Waals surface area contributed by atoms with E-state index in [2.05, 4.69) is 15.1 Å². The van der Waals surface area contributed by atoms with Crippen molar-refractivity contribution in [3.63, 3.8) is 0 Å². The summed E-state index contributed by atoms with van der Waals surface area (Å²) in [5.74, 6) is -1.41. The fourth-order valence-corrected chi connectivity index (χ4v) is 3.16. The average Bonchev–Trinajstić information content (AvgIpc) is 2.92. The Bertz CT molecular complexity index is 1010. The second-order valence-corrected chi connectivity index (χ2v) is 8.02. The number of nitrogens with one attached hydrogen (secondary N) is 2. The third-order valence-electron chi connectivity index (χ3n) is 4.09. The number of esters is 1. The fraction of sp³-hybridized carbons (Fsp3) is 0.316. The van der Waals surface area contributed by atoms with E-state index in [4.69, 9.17) is 4.74 Å². The lowest BCUT2D eigenvalue weighted by atomic mass is 10.2. The summed E-state index contributed by atoms with van der Waals surface area (Å²) in [4.78, 5) is 24.1. The number of sulfonamides is 1. The largest absolute Gasteiger partial charge is 0.452 e. The minimum absolute atomic E-state index is 0.538. The lowest BCUT2D eigenvalue weighted by Crippen LogP contribution is -2.35. The average molecular weight is 420 g/mol. The number of ether oxygens (including phenoxy) is 1. The molecule has 9 nitrogen and oxygen atoms in total. The van der Waals surface area contributed by atoms with Gasteiger partial charge in [0.25, 0.3) is 5.91 Å². The van der Waals surface area contributed by atoms with Crippen LogP contribution in [0.1, 0.15) is 23.9 Å². The molecule has 1 atom stereocenters. The van der Waals surface area contributed by atoms with E-state index in [1.807, 2.05) is 6.07 Å². The highest BCUT2D eigenvalue weighted by atomic mass is 32.2. The summed E-state index contributed by atoms with van der Waals surface area (Å²) in [6.45, 7) is 4.35. The molecule has 0 aliphatic rings. The number of carbonyl (C=O) groups excluding carboxylic acids is 2. The molecule has 1 amide bonds. The van der Waals surface area contributed by atoms with E-state index in [0.717, 1.165) is 11.1 Å². The first-order valence-electron chi connectivity index (χ1n) is 8.82. The summed E-state index contributed by atoms with van der Waals surface area (Å²) in [5, 5.41) is 7.81. The van der Waals surface area contributed by atoms with Crippen molar-refractivity contribution in [3.05, 3.63) is 52.7 Å². The molecule has 0 saturated heterocycles. The van der Waals surface area contributed by atoms with Crippen molar-refractivity contribution in [1.29, 1.82) is 0 Å². The molecule has 0 radical (unpaired) electrons. The first kappa shape index (κ1) is 22.3. The summed E-state index contributed by atoms with van der Waals surface area (Å²) in [5.41, 5.74) is 2.64. The Morgan fingerprint density at radius 3 is 2.48 bits per heavy atom. The van der Waals surface area contributed by atoms with Gasteiger partial charge in [0.15, 0.2) is 6.10 Å². The molecule has 0 aliphatic carbocycles. The zero-order valence-corrected chi connectivity index (χ0v) is 17.5. The van der Waals surface area contributed by atoms with Crippen LogP contribution in [0.3, 0.4) is 0 Å². The smallest absolute Gasteiger partial charge is 0.321 e. The second-order valence-electron chi connectivity index (χ2n) is 6.37. The minimum Gasteiger partial charge on any atom is -0.452 e. The van der Waals surface area contributed by atoms with Crippen LogP contribution >= 0.6 is 0 Å². The number of aromatic nitrogens is 2. The van der Waals surface area contributed by atoms with Crippen LogP contribution in [0.25, 0.3) is 6.08 Å². The number of hydrogen-bond acceptors (Lipinski definition) is 6. The molecule has 0 aliphatic heterocycles. The monoisotopic (exact) mass is 420 g/mol. The molecule has 2 aromatic rings. The van der Waals surface area contributed by atoms with Crippen molar-refractivity contribution in [2.45, 2.75) is 26.9 Å². The number of nitrogens with zero attached hydrogens (tertiary/aromatic N) is 2. The maximum atomic E-state index is 12.2. The van der Waals surface area contributed by atoms with E-state index in [0.29, 0.717) is 16.9 Å². The van der Waals surface area contributed by atoms with Crippen LogP contribution in [0.4, 0.5) is 5.69 Å². The van der Waals surface area contributed by atoms with Crippen molar-refractivity contribution >= 4 is 33.7 Å². The molecule has 1 aromatic heterocycles. The first-order valence-corrected chi connectivity index (χ1v) is 10.4. The van der Waals surface area contributed by atoms with Crippen molar-refractivity contribution in [2.24, 2.45) is 7.05 Å². The molecule has 156 valence electrons. The molecule has 1 aromatic carbocycles. The Morgan fingerprint density at radius 1 is 1.24 bits per heavy atom. The maximum Gasteiger partial charge on any atom is 0.321 e. The van der Waals surface area contributed by atoms with E-state index in [9.17, 15) is 18.0 Å². The number of rotatable bonds is 8. The predicted molar refractivity (Wildman–Crippen MR) is 109 cm³/mol. The third kappa shape index (κ3) is 6.54. The summed E-state index contributed by atoms with van der Waals surface area (Å²) in [6.07, 6.45) is 0.299. The number of hydrogen-bond donors (Lipinski definition) is 2. The van der Waals surface area contributed by atoms with Gasteiger partial charge < -0.3 is 10.1 Å². The fourth-order valence-electron chi connectivity index (χ4n) is 2.41. The van der Waals surface area contributed by atoms with Gasteiger partial charge in [-0.3, -0.25) is 14.3 Å². The molecule has 1 unspecified atom stereocenters. The summed E-state index contributed by atoms with van der Waals surface area (Å²) < 4.78 is 32.6. The maximum absolute atomic E-state index is 12.2. The zero-order valence-electron chi connectivity index (χ0n) is 16.7. The second kappa shape index (κ2) is 9.48. The molecule has 10 heteroatoms. The zero-order chi connectivity index (χ0) is 21.6. The highest BCUT2D eigenvalue weighted by Gasteiger charge is 2.21. The first-order chi connectivity index (χ1) is 13.6. The van der Waals surface area contributed by atoms with E-state index < -0.39 is 34.5 Å². The Morgan fingerprint density at radius 2 is 1.90 bits per heavy atom. The van der Waals surface area contributed by atoms with Crippen molar-refractivity contribution in [2.75, 3.05) is 11.9 Å². The summed E-state index contributed by atoms with van der Waals surface area (Å²) in [6, 6.07) is 8.85. The normalized spacial score (nSPS) is 12.7. The Kier molecular flexibility index (Phi) is 7.29. The van der Waals surface area contributed by atoms with Gasteiger partial charge in [-0.25, -0.2) is 13.1 Å². The van der Waals surface area contributed by atoms with Crippen LogP contribution < -0.4 is 10.0 Å². The minimum atomic E-state index is -3.83. The Labute approximate surface area is 169 Å². The van der Waals surface area contributed by atoms with Crippen LogP contribution in [0.5, 0.6) is 0 Å². The van der Waals surface area contributed by atoms with E-state index in [1.54, 1.807) is 49.8 Å². The van der Waals surface area contributed by atoms with Gasteiger partial charge in [0.05, 0.1) is 17.1 Å². The standard InChI is InChI=1S/C19H24N4O5S/c1-13-18(14(2)23(4)22-13)21-19(25)15(3)28-17(24)12-20-29(26,27)11-10-16-8-6-5-7-9-16/h5-11,15,20H,12H2,1-4H3,(H,21,25)/b11-10+. The van der Waals surface area contributed by atoms with Gasteiger partial charge in [0.2, 0.25) is 10.0 Å². The van der Waals surface area contributed by atoms with Gasteiger partial charge in [0, 0.05) is 12.5 Å². The number of benzene rings is 1. The van der Waals surface area contributed by atoms with Crippen LogP contribution in [-0.4, -0.2) is 42.7 Å². The SMILES string of the molecule is Cc1nn(C)c(C)c1NC(=O)C(C)OC(=O)CNS(=O)(=O)/C=C/c1ccccc1. The topological polar surface area (TPSA) is 119 Å². The summed E-state index contributed by atoms with van der Waals surface area (Å²) in [7, 11) is -2.08. The molecule has 2 rings (SSSR count). The molecule has 2 N–H and O–H groups in total. The lowest BCUT2D eigenvalue weighted by molar-refractivity contribution is -0.151. The number of aryl methyl sites for hydroxylation is 2. The molecular weight excluding hydrogens is 396 g/mol. The van der Waals surface area contributed by atoms with Crippen molar-refractivity contribution in [3.8, 4) is 0 Å². The number of carbonyl (C=O) groups is 2. The van der Waals surface area contributed by atoms with Gasteiger partial charge in [0.1, 0.15) is 6.54 Å². The number of anilines is 1. The van der Waals surface area contributed by atoms with Crippen LogP contribution in [0.2, 0.25) is 0 Å². The van der Waals surface area contributed by atoms with Crippen LogP contribution in [-0.2, 0) is 31.4 Å². The third-order valence-corrected chi connectivity index (χ3v) is 5.13. The summed E-state index contributed by atoms with van der Waals surface area (Å²) >= 11 is 0. The molecule has 0 fully saturated rings. The van der Waals surface area contributed by atoms with Gasteiger partial charge in [-0.2, -0.15) is 5.10 Å². The van der Waals surface area contributed by atoms with Gasteiger partial charge in [-0.15, -0.1) is 0 Å². The molecule has 0 bridgehead atoms. The Hall–Kier alpha value is -2.98. The molecule has 0 saturated carbocycles. The molecular formula is C19H24N4O5S. The van der Waals surface area contributed by atoms with Crippen LogP contribution in [0.15, 0.2) is 35.7 Å². The quantitative estimate of drug-likeness (QED) is 0.625. The van der Waals surface area contributed by atoms with Gasteiger partial charge in [-0.1, -0.05) is 30.3 Å². The van der Waals surface area contributed by atoms with Gasteiger partial charge >= 0.3 is 5.97 Å².